The molecule has 1 aliphatic heterocycles. The number of likely N-dealkylation sites (tertiary alicyclic amines) is 1. The summed E-state index contributed by atoms with van der Waals surface area (Å²) in [4.78, 5) is 14.5. The van der Waals surface area contributed by atoms with Crippen LogP contribution in [0, 0.1) is 17.8 Å². The highest BCUT2D eigenvalue weighted by atomic mass is 16.1. The second kappa shape index (κ2) is 5.61. The standard InChI is InChI=1S/C12H24N2O/c1-9(2)11(7-13-3)12(15)10-5-6-14(4)8-10/h9-11,13H,5-8H2,1-4H3. The Labute approximate surface area is 93.2 Å². The number of hydrogen-bond donors (Lipinski definition) is 1. The fourth-order valence-corrected chi connectivity index (χ4v) is 2.35. The van der Waals surface area contributed by atoms with E-state index in [-0.39, 0.29) is 11.8 Å². The molecule has 0 saturated carbocycles. The van der Waals surface area contributed by atoms with Gasteiger partial charge in [0.1, 0.15) is 5.78 Å². The van der Waals surface area contributed by atoms with Crippen molar-refractivity contribution in [1.82, 2.24) is 10.2 Å². The first-order valence-electron chi connectivity index (χ1n) is 5.93. The van der Waals surface area contributed by atoms with Crippen LogP contribution in [0.4, 0.5) is 0 Å². The van der Waals surface area contributed by atoms with Crippen LogP contribution in [0.5, 0.6) is 0 Å². The van der Waals surface area contributed by atoms with E-state index in [9.17, 15) is 4.79 Å². The van der Waals surface area contributed by atoms with E-state index in [0.29, 0.717) is 11.7 Å². The summed E-state index contributed by atoms with van der Waals surface area (Å²) in [5, 5.41) is 3.13. The summed E-state index contributed by atoms with van der Waals surface area (Å²) in [7, 11) is 4.01. The highest BCUT2D eigenvalue weighted by Gasteiger charge is 2.32. The number of Topliss-reactive ketones (excluding diaryl/α,β-unsaturated/α-hetero) is 1. The van der Waals surface area contributed by atoms with Crippen LogP contribution in [0.25, 0.3) is 0 Å². The molecule has 1 rings (SSSR count). The Kier molecular flexibility index (Phi) is 4.74. The number of ketones is 1. The van der Waals surface area contributed by atoms with Crippen LogP contribution in [0.3, 0.4) is 0 Å². The Balaban J connectivity index is 2.55. The monoisotopic (exact) mass is 212 g/mol. The van der Waals surface area contributed by atoms with Crippen molar-refractivity contribution < 1.29 is 4.79 Å². The third kappa shape index (κ3) is 3.28. The van der Waals surface area contributed by atoms with Crippen molar-refractivity contribution in [3.8, 4) is 0 Å². The van der Waals surface area contributed by atoms with E-state index in [1.807, 2.05) is 7.05 Å². The molecule has 0 amide bonds. The Morgan fingerprint density at radius 1 is 1.53 bits per heavy atom. The van der Waals surface area contributed by atoms with Crippen molar-refractivity contribution in [2.75, 3.05) is 33.7 Å². The summed E-state index contributed by atoms with van der Waals surface area (Å²) in [5.74, 6) is 1.36. The molecular formula is C12H24N2O. The topological polar surface area (TPSA) is 32.3 Å². The lowest BCUT2D eigenvalue weighted by Gasteiger charge is -2.22. The molecule has 15 heavy (non-hydrogen) atoms. The Bertz CT molecular complexity index is 216. The van der Waals surface area contributed by atoms with Crippen LogP contribution in [-0.2, 0) is 4.79 Å². The average Bonchev–Trinajstić information content (AvgIpc) is 2.59. The Morgan fingerprint density at radius 3 is 2.60 bits per heavy atom. The van der Waals surface area contributed by atoms with Gasteiger partial charge in [-0.1, -0.05) is 13.8 Å². The highest BCUT2D eigenvalue weighted by molar-refractivity contribution is 5.84. The highest BCUT2D eigenvalue weighted by Crippen LogP contribution is 2.23. The molecule has 2 unspecified atom stereocenters. The predicted molar refractivity (Wildman–Crippen MR) is 62.9 cm³/mol. The third-order valence-electron chi connectivity index (χ3n) is 3.39. The fraction of sp³-hybridized carbons (Fsp3) is 0.917. The Morgan fingerprint density at radius 2 is 2.20 bits per heavy atom. The van der Waals surface area contributed by atoms with Crippen LogP contribution in [0.15, 0.2) is 0 Å². The second-order valence-corrected chi connectivity index (χ2v) is 5.06. The molecule has 1 fully saturated rings. The van der Waals surface area contributed by atoms with Crippen LogP contribution in [-0.4, -0.2) is 44.4 Å². The molecule has 3 nitrogen and oxygen atoms in total. The number of carbonyl (C=O) groups excluding carboxylic acids is 1. The Hall–Kier alpha value is -0.410. The van der Waals surface area contributed by atoms with Crippen LogP contribution >= 0.6 is 0 Å². The first-order valence-corrected chi connectivity index (χ1v) is 5.93. The quantitative estimate of drug-likeness (QED) is 0.738. The molecule has 0 aromatic carbocycles. The number of carbonyl (C=O) groups is 1. The van der Waals surface area contributed by atoms with E-state index in [1.54, 1.807) is 0 Å². The van der Waals surface area contributed by atoms with Crippen molar-refractivity contribution in [2.45, 2.75) is 20.3 Å². The zero-order valence-corrected chi connectivity index (χ0v) is 10.4. The lowest BCUT2D eigenvalue weighted by Crippen LogP contribution is -2.35. The van der Waals surface area contributed by atoms with E-state index in [1.165, 1.54) is 0 Å². The van der Waals surface area contributed by atoms with Gasteiger partial charge in [0.05, 0.1) is 0 Å². The lowest BCUT2D eigenvalue weighted by molar-refractivity contribution is -0.127. The van der Waals surface area contributed by atoms with Gasteiger partial charge in [-0.3, -0.25) is 4.79 Å². The second-order valence-electron chi connectivity index (χ2n) is 5.06. The van der Waals surface area contributed by atoms with E-state index < -0.39 is 0 Å². The van der Waals surface area contributed by atoms with E-state index in [0.717, 1.165) is 26.1 Å². The molecule has 0 aromatic heterocycles. The van der Waals surface area contributed by atoms with Gasteiger partial charge in [0.25, 0.3) is 0 Å². The fourth-order valence-electron chi connectivity index (χ4n) is 2.35. The number of rotatable bonds is 5. The minimum atomic E-state index is 0.187. The van der Waals surface area contributed by atoms with E-state index >= 15 is 0 Å². The van der Waals surface area contributed by atoms with Gasteiger partial charge >= 0.3 is 0 Å². The van der Waals surface area contributed by atoms with Crippen molar-refractivity contribution in [2.24, 2.45) is 17.8 Å². The molecule has 2 atom stereocenters. The van der Waals surface area contributed by atoms with Gasteiger partial charge < -0.3 is 10.2 Å². The smallest absolute Gasteiger partial charge is 0.141 e. The minimum Gasteiger partial charge on any atom is -0.319 e. The molecule has 1 N–H and O–H groups in total. The maximum absolute atomic E-state index is 12.3. The predicted octanol–water partition coefficient (Wildman–Crippen LogP) is 0.999. The number of nitrogens with one attached hydrogen (secondary N) is 1. The summed E-state index contributed by atoms with van der Waals surface area (Å²) in [6, 6.07) is 0. The van der Waals surface area contributed by atoms with Gasteiger partial charge in [0.2, 0.25) is 0 Å². The molecule has 0 aliphatic carbocycles. The number of hydrogen-bond acceptors (Lipinski definition) is 3. The van der Waals surface area contributed by atoms with Crippen molar-refractivity contribution in [3.63, 3.8) is 0 Å². The molecule has 88 valence electrons. The normalized spacial score (nSPS) is 24.7. The van der Waals surface area contributed by atoms with Gasteiger partial charge in [-0.2, -0.15) is 0 Å². The minimum absolute atomic E-state index is 0.187. The molecule has 0 bridgehead atoms. The largest absolute Gasteiger partial charge is 0.319 e. The summed E-state index contributed by atoms with van der Waals surface area (Å²) in [6.45, 7) is 7.11. The van der Waals surface area contributed by atoms with Crippen molar-refractivity contribution in [1.29, 1.82) is 0 Å². The maximum atomic E-state index is 12.3. The first kappa shape index (κ1) is 12.7. The van der Waals surface area contributed by atoms with E-state index in [4.69, 9.17) is 0 Å². The average molecular weight is 212 g/mol. The number of nitrogens with zero attached hydrogens (tertiary/aromatic N) is 1. The van der Waals surface area contributed by atoms with Gasteiger partial charge in [0, 0.05) is 24.9 Å². The van der Waals surface area contributed by atoms with Gasteiger partial charge in [0.15, 0.2) is 0 Å². The van der Waals surface area contributed by atoms with Crippen LogP contribution in [0.2, 0.25) is 0 Å². The molecule has 1 aliphatic rings. The van der Waals surface area contributed by atoms with Crippen molar-refractivity contribution >= 4 is 5.78 Å². The molecule has 0 spiro atoms. The molecule has 1 saturated heterocycles. The van der Waals surface area contributed by atoms with Crippen LogP contribution < -0.4 is 5.32 Å². The zero-order valence-electron chi connectivity index (χ0n) is 10.4. The molecule has 3 heteroatoms. The maximum Gasteiger partial charge on any atom is 0.141 e. The molecule has 1 heterocycles. The summed E-state index contributed by atoms with van der Waals surface area (Å²) in [5.41, 5.74) is 0. The SMILES string of the molecule is CNCC(C(=O)C1CCN(C)C1)C(C)C. The van der Waals surface area contributed by atoms with Crippen molar-refractivity contribution in [3.05, 3.63) is 0 Å². The molecular weight excluding hydrogens is 188 g/mol. The lowest BCUT2D eigenvalue weighted by atomic mass is 9.84. The van der Waals surface area contributed by atoms with E-state index in [2.05, 4.69) is 31.1 Å². The summed E-state index contributed by atoms with van der Waals surface area (Å²) >= 11 is 0. The first-order chi connectivity index (χ1) is 7.06. The summed E-state index contributed by atoms with van der Waals surface area (Å²) in [6.07, 6.45) is 1.04. The summed E-state index contributed by atoms with van der Waals surface area (Å²) < 4.78 is 0. The molecule has 0 aromatic rings. The van der Waals surface area contributed by atoms with Gasteiger partial charge in [-0.25, -0.2) is 0 Å². The van der Waals surface area contributed by atoms with Gasteiger partial charge in [-0.15, -0.1) is 0 Å². The van der Waals surface area contributed by atoms with Gasteiger partial charge in [-0.05, 0) is 33.0 Å². The third-order valence-corrected chi connectivity index (χ3v) is 3.39. The van der Waals surface area contributed by atoms with Crippen LogP contribution in [0.1, 0.15) is 20.3 Å². The molecule has 0 radical (unpaired) electrons. The zero-order chi connectivity index (χ0) is 11.4.